The van der Waals surface area contributed by atoms with Crippen LogP contribution in [0, 0.1) is 6.92 Å². The summed E-state index contributed by atoms with van der Waals surface area (Å²) in [4.78, 5) is 0. The second-order valence-electron chi connectivity index (χ2n) is 5.40. The SMILES string of the molecule is CCOc1ccc(CC2CNc3cc(C)ccc3O2)cc1. The molecule has 3 rings (SSSR count). The van der Waals surface area contributed by atoms with Crippen molar-refractivity contribution in [1.29, 1.82) is 0 Å². The summed E-state index contributed by atoms with van der Waals surface area (Å²) in [6, 6.07) is 14.5. The molecule has 1 atom stereocenters. The van der Waals surface area contributed by atoms with Gasteiger partial charge in [0, 0.05) is 6.42 Å². The van der Waals surface area contributed by atoms with Gasteiger partial charge in [-0.05, 0) is 49.2 Å². The Morgan fingerprint density at radius 1 is 1.19 bits per heavy atom. The molecule has 3 nitrogen and oxygen atoms in total. The minimum absolute atomic E-state index is 0.165. The van der Waals surface area contributed by atoms with Gasteiger partial charge in [-0.2, -0.15) is 0 Å². The molecule has 0 aromatic heterocycles. The van der Waals surface area contributed by atoms with Crippen LogP contribution in [0.15, 0.2) is 42.5 Å². The second kappa shape index (κ2) is 6.08. The maximum Gasteiger partial charge on any atom is 0.142 e. The fourth-order valence-corrected chi connectivity index (χ4v) is 2.59. The minimum atomic E-state index is 0.165. The van der Waals surface area contributed by atoms with Gasteiger partial charge in [-0.1, -0.05) is 18.2 Å². The first-order valence-electron chi connectivity index (χ1n) is 7.47. The number of ether oxygens (including phenoxy) is 2. The zero-order chi connectivity index (χ0) is 14.7. The average Bonchev–Trinajstić information content (AvgIpc) is 2.50. The van der Waals surface area contributed by atoms with Crippen molar-refractivity contribution >= 4 is 5.69 Å². The van der Waals surface area contributed by atoms with Gasteiger partial charge in [0.1, 0.15) is 17.6 Å². The smallest absolute Gasteiger partial charge is 0.142 e. The van der Waals surface area contributed by atoms with Gasteiger partial charge >= 0.3 is 0 Å². The van der Waals surface area contributed by atoms with Crippen molar-refractivity contribution in [2.24, 2.45) is 0 Å². The Morgan fingerprint density at radius 2 is 2.00 bits per heavy atom. The molecule has 1 aliphatic heterocycles. The van der Waals surface area contributed by atoms with Crippen molar-refractivity contribution < 1.29 is 9.47 Å². The molecule has 110 valence electrons. The highest BCUT2D eigenvalue weighted by atomic mass is 16.5. The molecular weight excluding hydrogens is 262 g/mol. The Labute approximate surface area is 125 Å². The zero-order valence-corrected chi connectivity index (χ0v) is 12.6. The normalized spacial score (nSPS) is 16.6. The summed E-state index contributed by atoms with van der Waals surface area (Å²) < 4.78 is 11.5. The first-order valence-corrected chi connectivity index (χ1v) is 7.47. The molecule has 0 bridgehead atoms. The summed E-state index contributed by atoms with van der Waals surface area (Å²) in [7, 11) is 0. The Morgan fingerprint density at radius 3 is 2.76 bits per heavy atom. The molecule has 2 aromatic rings. The molecule has 1 heterocycles. The fourth-order valence-electron chi connectivity index (χ4n) is 2.59. The molecule has 3 heteroatoms. The van der Waals surface area contributed by atoms with E-state index in [0.29, 0.717) is 6.61 Å². The Balaban J connectivity index is 1.65. The van der Waals surface area contributed by atoms with Crippen molar-refractivity contribution in [3.8, 4) is 11.5 Å². The van der Waals surface area contributed by atoms with Gasteiger partial charge in [-0.25, -0.2) is 0 Å². The van der Waals surface area contributed by atoms with Crippen LogP contribution in [-0.2, 0) is 6.42 Å². The lowest BCUT2D eigenvalue weighted by atomic mass is 10.1. The molecule has 21 heavy (non-hydrogen) atoms. The Hall–Kier alpha value is -2.16. The van der Waals surface area contributed by atoms with Crippen molar-refractivity contribution in [2.45, 2.75) is 26.4 Å². The van der Waals surface area contributed by atoms with E-state index < -0.39 is 0 Å². The summed E-state index contributed by atoms with van der Waals surface area (Å²) in [6.07, 6.45) is 1.06. The third-order valence-corrected chi connectivity index (χ3v) is 3.65. The highest BCUT2D eigenvalue weighted by Gasteiger charge is 2.19. The Kier molecular flexibility index (Phi) is 4.00. The number of aryl methyl sites for hydroxylation is 1. The van der Waals surface area contributed by atoms with Crippen LogP contribution in [0.1, 0.15) is 18.1 Å². The van der Waals surface area contributed by atoms with Crippen LogP contribution in [0.2, 0.25) is 0 Å². The lowest BCUT2D eigenvalue weighted by Crippen LogP contribution is -2.32. The van der Waals surface area contributed by atoms with Crippen LogP contribution in [0.4, 0.5) is 5.69 Å². The third-order valence-electron chi connectivity index (χ3n) is 3.65. The minimum Gasteiger partial charge on any atom is -0.494 e. The largest absolute Gasteiger partial charge is 0.494 e. The van der Waals surface area contributed by atoms with Crippen LogP contribution in [0.25, 0.3) is 0 Å². The topological polar surface area (TPSA) is 30.5 Å². The molecule has 0 saturated heterocycles. The summed E-state index contributed by atoms with van der Waals surface area (Å²) in [5, 5.41) is 3.46. The molecule has 1 aliphatic rings. The van der Waals surface area contributed by atoms with Gasteiger partial charge in [0.15, 0.2) is 0 Å². The number of fused-ring (bicyclic) bond motifs is 1. The highest BCUT2D eigenvalue weighted by Crippen LogP contribution is 2.30. The van der Waals surface area contributed by atoms with E-state index in [0.717, 1.165) is 30.2 Å². The molecule has 1 N–H and O–H groups in total. The van der Waals surface area contributed by atoms with Crippen molar-refractivity contribution in [3.05, 3.63) is 53.6 Å². The first-order chi connectivity index (χ1) is 10.2. The van der Waals surface area contributed by atoms with E-state index in [1.807, 2.05) is 25.1 Å². The molecule has 0 fully saturated rings. The van der Waals surface area contributed by atoms with Gasteiger partial charge in [-0.15, -0.1) is 0 Å². The molecule has 0 saturated carbocycles. The van der Waals surface area contributed by atoms with Crippen molar-refractivity contribution in [2.75, 3.05) is 18.5 Å². The summed E-state index contributed by atoms with van der Waals surface area (Å²) in [5.74, 6) is 1.87. The van der Waals surface area contributed by atoms with Gasteiger partial charge in [0.25, 0.3) is 0 Å². The molecule has 0 amide bonds. The van der Waals surface area contributed by atoms with E-state index in [1.165, 1.54) is 11.1 Å². The highest BCUT2D eigenvalue weighted by molar-refractivity contribution is 5.59. The van der Waals surface area contributed by atoms with E-state index >= 15 is 0 Å². The van der Waals surface area contributed by atoms with Crippen LogP contribution in [0.3, 0.4) is 0 Å². The molecule has 1 unspecified atom stereocenters. The third kappa shape index (κ3) is 3.30. The molecular formula is C18H21NO2. The fraction of sp³-hybridized carbons (Fsp3) is 0.333. The maximum absolute atomic E-state index is 6.07. The molecule has 0 radical (unpaired) electrons. The number of hydrogen-bond acceptors (Lipinski definition) is 3. The van der Waals surface area contributed by atoms with Gasteiger partial charge in [-0.3, -0.25) is 0 Å². The lowest BCUT2D eigenvalue weighted by Gasteiger charge is -2.27. The number of anilines is 1. The number of benzene rings is 2. The Bertz CT molecular complexity index is 607. The summed E-state index contributed by atoms with van der Waals surface area (Å²) in [6.45, 7) is 5.62. The number of rotatable bonds is 4. The standard InChI is InChI=1S/C18H21NO2/c1-3-20-15-7-5-14(6-8-15)11-16-12-19-17-10-13(2)4-9-18(17)21-16/h4-10,16,19H,3,11-12H2,1-2H3. The van der Waals surface area contributed by atoms with Gasteiger partial charge < -0.3 is 14.8 Å². The van der Waals surface area contributed by atoms with Gasteiger partial charge in [0.05, 0.1) is 18.8 Å². The maximum atomic E-state index is 6.07. The summed E-state index contributed by atoms with van der Waals surface area (Å²) in [5.41, 5.74) is 3.61. The first kappa shape index (κ1) is 13.8. The van der Waals surface area contributed by atoms with E-state index in [2.05, 4.69) is 36.5 Å². The predicted molar refractivity (Wildman–Crippen MR) is 85.4 cm³/mol. The quantitative estimate of drug-likeness (QED) is 0.925. The van der Waals surface area contributed by atoms with Crippen LogP contribution in [-0.4, -0.2) is 19.3 Å². The van der Waals surface area contributed by atoms with Crippen LogP contribution in [0.5, 0.6) is 11.5 Å². The summed E-state index contributed by atoms with van der Waals surface area (Å²) >= 11 is 0. The van der Waals surface area contributed by atoms with E-state index in [1.54, 1.807) is 0 Å². The van der Waals surface area contributed by atoms with E-state index in [-0.39, 0.29) is 6.10 Å². The van der Waals surface area contributed by atoms with Gasteiger partial charge in [0.2, 0.25) is 0 Å². The number of nitrogens with one attached hydrogen (secondary N) is 1. The average molecular weight is 283 g/mol. The molecule has 0 aliphatic carbocycles. The zero-order valence-electron chi connectivity index (χ0n) is 12.6. The van der Waals surface area contributed by atoms with Crippen molar-refractivity contribution in [1.82, 2.24) is 0 Å². The number of hydrogen-bond donors (Lipinski definition) is 1. The molecule has 2 aromatic carbocycles. The van der Waals surface area contributed by atoms with E-state index in [4.69, 9.17) is 9.47 Å². The predicted octanol–water partition coefficient (Wildman–Crippen LogP) is 3.81. The van der Waals surface area contributed by atoms with Crippen molar-refractivity contribution in [3.63, 3.8) is 0 Å². The van der Waals surface area contributed by atoms with Crippen LogP contribution >= 0.6 is 0 Å². The monoisotopic (exact) mass is 283 g/mol. The van der Waals surface area contributed by atoms with E-state index in [9.17, 15) is 0 Å². The van der Waals surface area contributed by atoms with Crippen LogP contribution < -0.4 is 14.8 Å². The molecule has 0 spiro atoms. The second-order valence-corrected chi connectivity index (χ2v) is 5.40. The lowest BCUT2D eigenvalue weighted by molar-refractivity contribution is 0.206.